The van der Waals surface area contributed by atoms with E-state index in [2.05, 4.69) is 95.3 Å². The van der Waals surface area contributed by atoms with Crippen LogP contribution in [0.4, 0.5) is 0 Å². The zero-order valence-corrected chi connectivity index (χ0v) is 31.9. The summed E-state index contributed by atoms with van der Waals surface area (Å²) in [6, 6.07) is 31.6. The van der Waals surface area contributed by atoms with Gasteiger partial charge in [-0.3, -0.25) is 4.79 Å². The monoisotopic (exact) mass is 672 g/mol. The van der Waals surface area contributed by atoms with Crippen molar-refractivity contribution in [2.24, 2.45) is 17.3 Å². The maximum absolute atomic E-state index is 14.4. The summed E-state index contributed by atoms with van der Waals surface area (Å²) in [5.74, 6) is -1.30. The highest BCUT2D eigenvalue weighted by Gasteiger charge is 2.51. The van der Waals surface area contributed by atoms with E-state index in [0.717, 1.165) is 24.8 Å². The maximum atomic E-state index is 14.4. The number of hydrogen-bond donors (Lipinski definition) is 1. The van der Waals surface area contributed by atoms with Crippen LogP contribution in [0.5, 0.6) is 0 Å². The van der Waals surface area contributed by atoms with Crippen LogP contribution in [-0.4, -0.2) is 49.9 Å². The van der Waals surface area contributed by atoms with Crippen LogP contribution >= 0.6 is 0 Å². The first kappa shape index (κ1) is 38.2. The van der Waals surface area contributed by atoms with Gasteiger partial charge < -0.3 is 19.0 Å². The highest BCUT2D eigenvalue weighted by atomic mass is 28.4. The van der Waals surface area contributed by atoms with Crippen LogP contribution < -0.4 is 10.4 Å². The zero-order valence-electron chi connectivity index (χ0n) is 30.9. The van der Waals surface area contributed by atoms with Gasteiger partial charge in [-0.05, 0) is 73.3 Å². The van der Waals surface area contributed by atoms with Crippen molar-refractivity contribution < 1.29 is 23.8 Å². The summed E-state index contributed by atoms with van der Waals surface area (Å²) < 4.78 is 19.4. The van der Waals surface area contributed by atoms with Gasteiger partial charge in [-0.15, -0.1) is 0 Å². The molecule has 48 heavy (non-hydrogen) atoms. The zero-order chi connectivity index (χ0) is 35.2. The molecule has 262 valence electrons. The number of ether oxygens (including phenoxy) is 2. The number of hydrogen-bond acceptors (Lipinski definition) is 5. The minimum Gasteiger partial charge on any atom is -0.405 e. The molecular formula is C42H60O5Si. The van der Waals surface area contributed by atoms with Crippen LogP contribution in [0, 0.1) is 17.3 Å². The van der Waals surface area contributed by atoms with Crippen LogP contribution in [0.25, 0.3) is 0 Å². The predicted octanol–water partition coefficient (Wildman–Crippen LogP) is 8.11. The Kier molecular flexibility index (Phi) is 12.7. The summed E-state index contributed by atoms with van der Waals surface area (Å²) in [4.78, 5) is 14.4. The van der Waals surface area contributed by atoms with Crippen LogP contribution in [0.3, 0.4) is 0 Å². The molecule has 1 fully saturated rings. The van der Waals surface area contributed by atoms with E-state index in [4.69, 9.17) is 13.9 Å². The molecule has 6 heteroatoms. The van der Waals surface area contributed by atoms with Gasteiger partial charge in [0.15, 0.2) is 5.79 Å². The summed E-state index contributed by atoms with van der Waals surface area (Å²) in [5, 5.41) is 14.4. The third-order valence-electron chi connectivity index (χ3n) is 10.4. The van der Waals surface area contributed by atoms with E-state index in [-0.39, 0.29) is 28.9 Å². The highest BCUT2D eigenvalue weighted by Crippen LogP contribution is 2.40. The fourth-order valence-corrected chi connectivity index (χ4v) is 12.3. The van der Waals surface area contributed by atoms with Crippen molar-refractivity contribution in [1.82, 2.24) is 0 Å². The molecule has 4 rings (SSSR count). The largest absolute Gasteiger partial charge is 0.405 e. The van der Waals surface area contributed by atoms with Gasteiger partial charge in [0.25, 0.3) is 8.32 Å². The molecule has 5 atom stereocenters. The van der Waals surface area contributed by atoms with Crippen molar-refractivity contribution >= 4 is 24.5 Å². The summed E-state index contributed by atoms with van der Waals surface area (Å²) in [6.07, 6.45) is 2.67. The fraction of sp³-hybridized carbons (Fsp3) is 0.548. The first-order chi connectivity index (χ1) is 22.6. The minimum absolute atomic E-state index is 0.0235. The Morgan fingerprint density at radius 2 is 1.40 bits per heavy atom. The second-order valence-corrected chi connectivity index (χ2v) is 20.3. The Labute approximate surface area is 291 Å². The molecule has 2 unspecified atom stereocenters. The van der Waals surface area contributed by atoms with Crippen molar-refractivity contribution in [3.8, 4) is 0 Å². The van der Waals surface area contributed by atoms with Gasteiger partial charge in [0, 0.05) is 12.0 Å². The SMILES string of the molecule is CC(CCC[C@H](C)C(O)[C@@H](Cc1ccccc1)C(=O)C(C)(C)[C@@H]1CCOC(C)(C)O1)O[Si](c1ccccc1)(c1ccccc1)C(C)(C)C. The molecule has 0 radical (unpaired) electrons. The Morgan fingerprint density at radius 1 is 0.875 bits per heavy atom. The highest BCUT2D eigenvalue weighted by molar-refractivity contribution is 6.99. The molecule has 5 nitrogen and oxygen atoms in total. The molecule has 3 aromatic carbocycles. The van der Waals surface area contributed by atoms with E-state index in [1.165, 1.54) is 10.4 Å². The summed E-state index contributed by atoms with van der Waals surface area (Å²) in [6.45, 7) is 19.5. The molecule has 0 amide bonds. The summed E-state index contributed by atoms with van der Waals surface area (Å²) in [7, 11) is -2.65. The third kappa shape index (κ3) is 8.94. The first-order valence-electron chi connectivity index (χ1n) is 18.0. The molecule has 0 aromatic heterocycles. The lowest BCUT2D eigenvalue weighted by molar-refractivity contribution is -0.289. The molecule has 0 spiro atoms. The van der Waals surface area contributed by atoms with E-state index in [9.17, 15) is 9.90 Å². The molecule has 1 saturated heterocycles. The van der Waals surface area contributed by atoms with Crippen molar-refractivity contribution in [2.45, 2.75) is 124 Å². The van der Waals surface area contributed by atoms with Crippen molar-refractivity contribution in [3.05, 3.63) is 96.6 Å². The van der Waals surface area contributed by atoms with E-state index in [1.54, 1.807) is 0 Å². The van der Waals surface area contributed by atoms with E-state index in [1.807, 2.05) is 58.0 Å². The fourth-order valence-electron chi connectivity index (χ4n) is 7.58. The van der Waals surface area contributed by atoms with Gasteiger partial charge in [-0.25, -0.2) is 0 Å². The first-order valence-corrected chi connectivity index (χ1v) is 19.9. The van der Waals surface area contributed by atoms with Crippen molar-refractivity contribution in [1.29, 1.82) is 0 Å². The Balaban J connectivity index is 1.49. The number of aliphatic hydroxyl groups excluding tert-OH is 1. The number of benzene rings is 3. The van der Waals surface area contributed by atoms with Crippen LogP contribution in [0.15, 0.2) is 91.0 Å². The number of carbonyl (C=O) groups excluding carboxylic acids is 1. The van der Waals surface area contributed by atoms with E-state index < -0.39 is 31.5 Å². The average molecular weight is 673 g/mol. The van der Waals surface area contributed by atoms with Crippen LogP contribution in [-0.2, 0) is 25.1 Å². The van der Waals surface area contributed by atoms with Gasteiger partial charge in [0.1, 0.15) is 5.78 Å². The lowest BCUT2D eigenvalue weighted by Gasteiger charge is -2.45. The molecule has 0 bridgehead atoms. The number of aliphatic hydroxyl groups is 1. The normalized spacial score (nSPS) is 19.7. The molecule has 1 aliphatic rings. The van der Waals surface area contributed by atoms with Gasteiger partial charge >= 0.3 is 0 Å². The van der Waals surface area contributed by atoms with Crippen LogP contribution in [0.1, 0.15) is 93.6 Å². The Morgan fingerprint density at radius 3 is 1.90 bits per heavy atom. The number of rotatable bonds is 15. The Hall–Kier alpha value is -2.61. The predicted molar refractivity (Wildman–Crippen MR) is 199 cm³/mol. The van der Waals surface area contributed by atoms with Gasteiger partial charge in [0.05, 0.1) is 24.2 Å². The third-order valence-corrected chi connectivity index (χ3v) is 15.6. The van der Waals surface area contributed by atoms with Crippen LogP contribution in [0.2, 0.25) is 5.04 Å². The molecule has 1 aliphatic heterocycles. The van der Waals surface area contributed by atoms with Crippen molar-refractivity contribution in [3.63, 3.8) is 0 Å². The molecule has 1 N–H and O–H groups in total. The molecule has 0 aliphatic carbocycles. The lowest BCUT2D eigenvalue weighted by atomic mass is 9.70. The van der Waals surface area contributed by atoms with Gasteiger partial charge in [0.2, 0.25) is 0 Å². The summed E-state index contributed by atoms with van der Waals surface area (Å²) in [5.41, 5.74) is 0.276. The average Bonchev–Trinajstić information content (AvgIpc) is 3.05. The second-order valence-electron chi connectivity index (χ2n) is 16.0. The van der Waals surface area contributed by atoms with Gasteiger partial charge in [-0.1, -0.05) is 139 Å². The van der Waals surface area contributed by atoms with E-state index >= 15 is 0 Å². The molecular weight excluding hydrogens is 613 g/mol. The van der Waals surface area contributed by atoms with E-state index in [0.29, 0.717) is 19.4 Å². The molecule has 1 heterocycles. The second kappa shape index (κ2) is 15.9. The Bertz CT molecular complexity index is 1380. The number of ketones is 1. The summed E-state index contributed by atoms with van der Waals surface area (Å²) >= 11 is 0. The maximum Gasteiger partial charge on any atom is 0.261 e. The quantitative estimate of drug-likeness (QED) is 0.165. The molecule has 0 saturated carbocycles. The smallest absolute Gasteiger partial charge is 0.261 e. The standard InChI is InChI=1S/C42H60O5Si/c1-31(20-19-21-32(2)47-48(40(3,4)5,34-24-15-11-16-25-34)35-26-17-12-18-27-35)38(43)36(30-33-22-13-10-14-23-33)39(44)41(6,7)37-28-29-45-42(8,9)46-37/h10-18,22-27,31-32,36-38,43H,19-21,28-30H2,1-9H3/t31-,32?,36+,37-,38?/m0/s1. The molecule has 3 aromatic rings. The minimum atomic E-state index is -2.65. The lowest BCUT2D eigenvalue weighted by Crippen LogP contribution is -2.67. The van der Waals surface area contributed by atoms with Gasteiger partial charge in [-0.2, -0.15) is 0 Å². The topological polar surface area (TPSA) is 65.0 Å². The van der Waals surface area contributed by atoms with Crippen molar-refractivity contribution in [2.75, 3.05) is 6.61 Å². The number of Topliss-reactive ketones (excluding diaryl/α,β-unsaturated/α-hetero) is 1. The number of carbonyl (C=O) groups is 1.